The summed E-state index contributed by atoms with van der Waals surface area (Å²) in [5, 5.41) is 0. The highest BCUT2D eigenvalue weighted by molar-refractivity contribution is 5.95. The third kappa shape index (κ3) is 2.75. The number of aromatic nitrogens is 1. The fraction of sp³-hybridized carbons (Fsp3) is 0.294. The Morgan fingerprint density at radius 3 is 2.52 bits per heavy atom. The predicted molar refractivity (Wildman–Crippen MR) is 78.3 cm³/mol. The number of benzene rings is 1. The third-order valence-electron chi connectivity index (χ3n) is 3.42. The SMILES string of the molecule is Cc1cc(Cc2ccncc2)cc2c1C(=O)OC(C)(C)O2. The molecule has 0 amide bonds. The van der Waals surface area contributed by atoms with Crippen molar-refractivity contribution in [3.8, 4) is 5.75 Å². The van der Waals surface area contributed by atoms with Gasteiger partial charge in [0.25, 0.3) is 0 Å². The van der Waals surface area contributed by atoms with Gasteiger partial charge in [-0.25, -0.2) is 4.79 Å². The molecule has 108 valence electrons. The largest absolute Gasteiger partial charge is 0.452 e. The van der Waals surface area contributed by atoms with Crippen LogP contribution in [0.15, 0.2) is 36.7 Å². The van der Waals surface area contributed by atoms with E-state index in [2.05, 4.69) is 4.98 Å². The van der Waals surface area contributed by atoms with Gasteiger partial charge in [0.05, 0.1) is 0 Å². The second-order valence-corrected chi connectivity index (χ2v) is 5.71. The summed E-state index contributed by atoms with van der Waals surface area (Å²) in [6.07, 6.45) is 4.32. The molecule has 0 bridgehead atoms. The minimum Gasteiger partial charge on any atom is -0.452 e. The summed E-state index contributed by atoms with van der Waals surface area (Å²) in [6.45, 7) is 5.37. The van der Waals surface area contributed by atoms with E-state index in [-0.39, 0.29) is 5.97 Å². The molecule has 1 aromatic heterocycles. The van der Waals surface area contributed by atoms with Crippen LogP contribution in [0.3, 0.4) is 0 Å². The molecule has 0 unspecified atom stereocenters. The average molecular weight is 283 g/mol. The molecule has 3 rings (SSSR count). The number of hydrogen-bond donors (Lipinski definition) is 0. The van der Waals surface area contributed by atoms with Crippen LogP contribution in [0.1, 0.15) is 40.9 Å². The molecular formula is C17H17NO3. The number of ether oxygens (including phenoxy) is 2. The van der Waals surface area contributed by atoms with Crippen molar-refractivity contribution in [3.63, 3.8) is 0 Å². The monoisotopic (exact) mass is 283 g/mol. The van der Waals surface area contributed by atoms with Crippen molar-refractivity contribution in [3.05, 3.63) is 58.9 Å². The van der Waals surface area contributed by atoms with E-state index in [1.165, 1.54) is 5.56 Å². The first kappa shape index (κ1) is 13.6. The number of carbonyl (C=O) groups excluding carboxylic acids is 1. The summed E-state index contributed by atoms with van der Waals surface area (Å²) in [7, 11) is 0. The Morgan fingerprint density at radius 1 is 1.10 bits per heavy atom. The van der Waals surface area contributed by atoms with Gasteiger partial charge in [-0.2, -0.15) is 0 Å². The molecule has 4 heteroatoms. The van der Waals surface area contributed by atoms with Gasteiger partial charge in [0.2, 0.25) is 5.79 Å². The topological polar surface area (TPSA) is 48.4 Å². The Labute approximate surface area is 123 Å². The number of esters is 1. The molecule has 1 aromatic carbocycles. The molecule has 2 heterocycles. The molecule has 0 aliphatic carbocycles. The minimum atomic E-state index is -0.925. The van der Waals surface area contributed by atoms with Crippen molar-refractivity contribution in [1.82, 2.24) is 4.98 Å². The van der Waals surface area contributed by atoms with Crippen LogP contribution in [0.25, 0.3) is 0 Å². The fourth-order valence-corrected chi connectivity index (χ4v) is 2.57. The quantitative estimate of drug-likeness (QED) is 0.794. The second kappa shape index (κ2) is 4.88. The van der Waals surface area contributed by atoms with Gasteiger partial charge in [0.1, 0.15) is 11.3 Å². The molecule has 0 N–H and O–H groups in total. The van der Waals surface area contributed by atoms with Gasteiger partial charge >= 0.3 is 5.97 Å². The molecule has 0 fully saturated rings. The standard InChI is InChI=1S/C17H17NO3/c1-11-8-13(9-12-4-6-18-7-5-12)10-14-15(11)16(19)21-17(2,3)20-14/h4-8,10H,9H2,1-3H3. The Bertz CT molecular complexity index is 693. The molecule has 0 radical (unpaired) electrons. The number of aryl methyl sites for hydroxylation is 1. The smallest absolute Gasteiger partial charge is 0.345 e. The van der Waals surface area contributed by atoms with Crippen LogP contribution >= 0.6 is 0 Å². The first-order valence-electron chi connectivity index (χ1n) is 6.89. The first-order valence-corrected chi connectivity index (χ1v) is 6.89. The molecule has 1 aliphatic heterocycles. The molecular weight excluding hydrogens is 266 g/mol. The molecule has 4 nitrogen and oxygen atoms in total. The average Bonchev–Trinajstić information content (AvgIpc) is 2.37. The van der Waals surface area contributed by atoms with Crippen molar-refractivity contribution in [2.75, 3.05) is 0 Å². The minimum absolute atomic E-state index is 0.325. The van der Waals surface area contributed by atoms with Crippen LogP contribution in [0.5, 0.6) is 5.75 Å². The zero-order chi connectivity index (χ0) is 15.0. The van der Waals surface area contributed by atoms with Crippen molar-refractivity contribution >= 4 is 5.97 Å². The highest BCUT2D eigenvalue weighted by Gasteiger charge is 2.35. The number of nitrogens with zero attached hydrogens (tertiary/aromatic N) is 1. The van der Waals surface area contributed by atoms with Crippen LogP contribution in [-0.4, -0.2) is 16.7 Å². The lowest BCUT2D eigenvalue weighted by Crippen LogP contribution is -2.39. The maximum absolute atomic E-state index is 12.1. The van der Waals surface area contributed by atoms with Crippen molar-refractivity contribution in [2.45, 2.75) is 33.0 Å². The van der Waals surface area contributed by atoms with Gasteiger partial charge in [0.15, 0.2) is 0 Å². The van der Waals surface area contributed by atoms with Crippen LogP contribution in [0, 0.1) is 6.92 Å². The van der Waals surface area contributed by atoms with E-state index in [9.17, 15) is 4.79 Å². The predicted octanol–water partition coefficient (Wildman–Crippen LogP) is 3.27. The number of cyclic esters (lactones) is 1. The lowest BCUT2D eigenvalue weighted by Gasteiger charge is -2.32. The molecule has 0 saturated heterocycles. The zero-order valence-electron chi connectivity index (χ0n) is 12.3. The van der Waals surface area contributed by atoms with E-state index in [1.54, 1.807) is 26.2 Å². The van der Waals surface area contributed by atoms with Crippen molar-refractivity contribution in [2.24, 2.45) is 0 Å². The van der Waals surface area contributed by atoms with Crippen LogP contribution in [0.4, 0.5) is 0 Å². The van der Waals surface area contributed by atoms with Gasteiger partial charge in [0, 0.05) is 26.2 Å². The number of pyridine rings is 1. The molecule has 0 saturated carbocycles. The van der Waals surface area contributed by atoms with E-state index in [0.717, 1.165) is 17.5 Å². The summed E-state index contributed by atoms with van der Waals surface area (Å²) in [4.78, 5) is 16.1. The Balaban J connectivity index is 1.99. The molecule has 0 spiro atoms. The summed E-state index contributed by atoms with van der Waals surface area (Å²) >= 11 is 0. The molecule has 2 aromatic rings. The fourth-order valence-electron chi connectivity index (χ4n) is 2.57. The summed E-state index contributed by atoms with van der Waals surface area (Å²) in [6, 6.07) is 7.88. The summed E-state index contributed by atoms with van der Waals surface area (Å²) < 4.78 is 11.1. The van der Waals surface area contributed by atoms with Gasteiger partial charge in [-0.15, -0.1) is 0 Å². The van der Waals surface area contributed by atoms with E-state index >= 15 is 0 Å². The van der Waals surface area contributed by atoms with E-state index in [4.69, 9.17) is 9.47 Å². The van der Waals surface area contributed by atoms with E-state index in [0.29, 0.717) is 11.3 Å². The molecule has 1 aliphatic rings. The lowest BCUT2D eigenvalue weighted by atomic mass is 9.98. The second-order valence-electron chi connectivity index (χ2n) is 5.71. The zero-order valence-corrected chi connectivity index (χ0v) is 12.3. The maximum atomic E-state index is 12.1. The van der Waals surface area contributed by atoms with Crippen LogP contribution in [0.2, 0.25) is 0 Å². The summed E-state index contributed by atoms with van der Waals surface area (Å²) in [5.41, 5.74) is 3.66. The van der Waals surface area contributed by atoms with Crippen LogP contribution in [-0.2, 0) is 11.2 Å². The first-order chi connectivity index (χ1) is 9.94. The maximum Gasteiger partial charge on any atom is 0.345 e. The van der Waals surface area contributed by atoms with Crippen molar-refractivity contribution in [1.29, 1.82) is 0 Å². The van der Waals surface area contributed by atoms with E-state index < -0.39 is 5.79 Å². The Kier molecular flexibility index (Phi) is 3.16. The highest BCUT2D eigenvalue weighted by Crippen LogP contribution is 2.34. The highest BCUT2D eigenvalue weighted by atomic mass is 16.7. The van der Waals surface area contributed by atoms with Gasteiger partial charge in [-0.05, 0) is 48.2 Å². The van der Waals surface area contributed by atoms with Gasteiger partial charge in [-0.3, -0.25) is 4.98 Å². The number of hydrogen-bond acceptors (Lipinski definition) is 4. The number of fused-ring (bicyclic) bond motifs is 1. The van der Waals surface area contributed by atoms with E-state index in [1.807, 2.05) is 31.2 Å². The normalized spacial score (nSPS) is 15.9. The molecule has 21 heavy (non-hydrogen) atoms. The lowest BCUT2D eigenvalue weighted by molar-refractivity contribution is -0.127. The molecule has 0 atom stereocenters. The third-order valence-corrected chi connectivity index (χ3v) is 3.42. The number of carbonyl (C=O) groups is 1. The van der Waals surface area contributed by atoms with Crippen molar-refractivity contribution < 1.29 is 14.3 Å². The number of rotatable bonds is 2. The Morgan fingerprint density at radius 2 is 1.81 bits per heavy atom. The van der Waals surface area contributed by atoms with Gasteiger partial charge in [-0.1, -0.05) is 6.07 Å². The Hall–Kier alpha value is -2.36. The van der Waals surface area contributed by atoms with Gasteiger partial charge < -0.3 is 9.47 Å². The summed E-state index contributed by atoms with van der Waals surface area (Å²) in [5.74, 6) is -0.652. The van der Waals surface area contributed by atoms with Crippen LogP contribution < -0.4 is 4.74 Å².